The highest BCUT2D eigenvalue weighted by molar-refractivity contribution is 7.89. The summed E-state index contributed by atoms with van der Waals surface area (Å²) >= 11 is 0. The standard InChI is InChI=1S/C19H25N3O4S/c1-3-18(23)20-15-5-4-12-22(13-15)27(25,26)17-10-8-16(9-11-17)21(2)19(24)14-6-7-14/h3,8-11,14-15H,1,4-7,12-13H2,2H3,(H,20,23)/t15-/m0/s1. The number of nitrogens with zero attached hydrogens (tertiary/aromatic N) is 2. The van der Waals surface area contributed by atoms with Crippen molar-refractivity contribution in [2.24, 2.45) is 5.92 Å². The first-order chi connectivity index (χ1) is 12.8. The minimum atomic E-state index is -3.65. The Morgan fingerprint density at radius 3 is 2.48 bits per heavy atom. The molecule has 1 aliphatic heterocycles. The molecule has 1 saturated heterocycles. The van der Waals surface area contributed by atoms with Gasteiger partial charge in [-0.3, -0.25) is 9.59 Å². The van der Waals surface area contributed by atoms with Gasteiger partial charge in [0.25, 0.3) is 0 Å². The maximum atomic E-state index is 12.9. The van der Waals surface area contributed by atoms with Crippen LogP contribution in [-0.2, 0) is 19.6 Å². The Labute approximate surface area is 160 Å². The van der Waals surface area contributed by atoms with Crippen LogP contribution in [0, 0.1) is 5.92 Å². The van der Waals surface area contributed by atoms with Crippen molar-refractivity contribution in [1.29, 1.82) is 0 Å². The second-order valence-corrected chi connectivity index (χ2v) is 9.02. The third-order valence-electron chi connectivity index (χ3n) is 5.03. The van der Waals surface area contributed by atoms with Crippen LogP contribution in [0.1, 0.15) is 25.7 Å². The first-order valence-electron chi connectivity index (χ1n) is 9.13. The molecule has 1 heterocycles. The second-order valence-electron chi connectivity index (χ2n) is 7.08. The Morgan fingerprint density at radius 1 is 1.22 bits per heavy atom. The van der Waals surface area contributed by atoms with E-state index in [1.54, 1.807) is 24.1 Å². The molecule has 1 aromatic rings. The molecule has 0 unspecified atom stereocenters. The highest BCUT2D eigenvalue weighted by Crippen LogP contribution is 2.32. The number of hydrogen-bond donors (Lipinski definition) is 1. The Hall–Kier alpha value is -2.19. The topological polar surface area (TPSA) is 86.8 Å². The number of carbonyl (C=O) groups excluding carboxylic acids is 2. The van der Waals surface area contributed by atoms with Crippen LogP contribution < -0.4 is 10.2 Å². The van der Waals surface area contributed by atoms with Crippen molar-refractivity contribution in [3.8, 4) is 0 Å². The maximum absolute atomic E-state index is 12.9. The molecular weight excluding hydrogens is 366 g/mol. The van der Waals surface area contributed by atoms with Gasteiger partial charge in [-0.05, 0) is 56.0 Å². The smallest absolute Gasteiger partial charge is 0.243 e. The lowest BCUT2D eigenvalue weighted by Crippen LogP contribution is -2.49. The quantitative estimate of drug-likeness (QED) is 0.745. The van der Waals surface area contributed by atoms with Crippen molar-refractivity contribution >= 4 is 27.5 Å². The van der Waals surface area contributed by atoms with Crippen LogP contribution >= 0.6 is 0 Å². The number of anilines is 1. The van der Waals surface area contributed by atoms with Crippen molar-refractivity contribution in [3.05, 3.63) is 36.9 Å². The van der Waals surface area contributed by atoms with E-state index in [2.05, 4.69) is 11.9 Å². The van der Waals surface area contributed by atoms with E-state index in [9.17, 15) is 18.0 Å². The monoisotopic (exact) mass is 391 g/mol. The van der Waals surface area contributed by atoms with E-state index in [4.69, 9.17) is 0 Å². The van der Waals surface area contributed by atoms with Gasteiger partial charge in [0, 0.05) is 37.8 Å². The Kier molecular flexibility index (Phi) is 5.67. The predicted octanol–water partition coefficient (Wildman–Crippen LogP) is 1.51. The number of hydrogen-bond acceptors (Lipinski definition) is 4. The van der Waals surface area contributed by atoms with E-state index in [-0.39, 0.29) is 35.2 Å². The molecule has 2 amide bonds. The van der Waals surface area contributed by atoms with E-state index in [0.717, 1.165) is 19.3 Å². The summed E-state index contributed by atoms with van der Waals surface area (Å²) in [4.78, 5) is 25.4. The van der Waals surface area contributed by atoms with Gasteiger partial charge in [-0.25, -0.2) is 8.42 Å². The van der Waals surface area contributed by atoms with Gasteiger partial charge in [-0.2, -0.15) is 4.31 Å². The highest BCUT2D eigenvalue weighted by atomic mass is 32.2. The summed E-state index contributed by atoms with van der Waals surface area (Å²) in [5.41, 5.74) is 0.681. The SMILES string of the molecule is C=CC(=O)N[C@H]1CCCN(S(=O)(=O)c2ccc(N(C)C(=O)C3CC3)cc2)C1. The Morgan fingerprint density at radius 2 is 1.89 bits per heavy atom. The van der Waals surface area contributed by atoms with Gasteiger partial charge in [0.1, 0.15) is 0 Å². The van der Waals surface area contributed by atoms with Crippen LogP contribution in [0.4, 0.5) is 5.69 Å². The van der Waals surface area contributed by atoms with Gasteiger partial charge in [-0.1, -0.05) is 6.58 Å². The number of rotatable bonds is 6. The average molecular weight is 391 g/mol. The molecule has 1 N–H and O–H groups in total. The number of sulfonamides is 1. The zero-order chi connectivity index (χ0) is 19.6. The Balaban J connectivity index is 1.71. The Bertz CT molecular complexity index is 831. The van der Waals surface area contributed by atoms with Crippen LogP contribution in [0.15, 0.2) is 41.8 Å². The zero-order valence-corrected chi connectivity index (χ0v) is 16.2. The molecule has 1 aromatic carbocycles. The lowest BCUT2D eigenvalue weighted by atomic mass is 10.1. The molecule has 1 saturated carbocycles. The molecule has 1 aliphatic carbocycles. The summed E-state index contributed by atoms with van der Waals surface area (Å²) < 4.78 is 27.3. The fourth-order valence-corrected chi connectivity index (χ4v) is 4.78. The molecule has 2 aliphatic rings. The largest absolute Gasteiger partial charge is 0.349 e. The van der Waals surface area contributed by atoms with Gasteiger partial charge >= 0.3 is 0 Å². The van der Waals surface area contributed by atoms with Crippen molar-refractivity contribution in [3.63, 3.8) is 0 Å². The van der Waals surface area contributed by atoms with E-state index < -0.39 is 10.0 Å². The van der Waals surface area contributed by atoms with Crippen LogP contribution in [-0.4, -0.2) is 50.7 Å². The van der Waals surface area contributed by atoms with Crippen molar-refractivity contribution in [2.45, 2.75) is 36.6 Å². The van der Waals surface area contributed by atoms with E-state index >= 15 is 0 Å². The van der Waals surface area contributed by atoms with E-state index in [1.807, 2.05) is 0 Å². The number of carbonyl (C=O) groups is 2. The molecular formula is C19H25N3O4S. The fourth-order valence-electron chi connectivity index (χ4n) is 3.26. The van der Waals surface area contributed by atoms with Crippen molar-refractivity contribution in [1.82, 2.24) is 9.62 Å². The summed E-state index contributed by atoms with van der Waals surface area (Å²) in [7, 11) is -1.94. The van der Waals surface area contributed by atoms with Gasteiger partial charge < -0.3 is 10.2 Å². The average Bonchev–Trinajstić information content (AvgIpc) is 3.52. The second kappa shape index (κ2) is 7.82. The summed E-state index contributed by atoms with van der Waals surface area (Å²) in [6.45, 7) is 4.08. The molecule has 1 atom stereocenters. The molecule has 8 heteroatoms. The zero-order valence-electron chi connectivity index (χ0n) is 15.4. The number of benzene rings is 1. The van der Waals surface area contributed by atoms with Crippen LogP contribution in [0.5, 0.6) is 0 Å². The van der Waals surface area contributed by atoms with Crippen LogP contribution in [0.25, 0.3) is 0 Å². The molecule has 3 rings (SSSR count). The molecule has 0 radical (unpaired) electrons. The summed E-state index contributed by atoms with van der Waals surface area (Å²) in [5, 5.41) is 2.77. The van der Waals surface area contributed by atoms with Gasteiger partial charge in [-0.15, -0.1) is 0 Å². The third kappa shape index (κ3) is 4.39. The molecule has 0 bridgehead atoms. The van der Waals surface area contributed by atoms with Gasteiger partial charge in [0.15, 0.2) is 0 Å². The molecule has 2 fully saturated rings. The molecule has 7 nitrogen and oxygen atoms in total. The number of amides is 2. The van der Waals surface area contributed by atoms with Crippen LogP contribution in [0.3, 0.4) is 0 Å². The third-order valence-corrected chi connectivity index (χ3v) is 6.91. The lowest BCUT2D eigenvalue weighted by molar-refractivity contribution is -0.119. The van der Waals surface area contributed by atoms with E-state index in [1.165, 1.54) is 22.5 Å². The molecule has 27 heavy (non-hydrogen) atoms. The van der Waals surface area contributed by atoms with Crippen LogP contribution in [0.2, 0.25) is 0 Å². The minimum Gasteiger partial charge on any atom is -0.349 e. The summed E-state index contributed by atoms with van der Waals surface area (Å²) in [6.07, 6.45) is 4.45. The maximum Gasteiger partial charge on any atom is 0.243 e. The van der Waals surface area contributed by atoms with Crippen molar-refractivity contribution in [2.75, 3.05) is 25.0 Å². The number of piperidine rings is 1. The fraction of sp³-hybridized carbons (Fsp3) is 0.474. The molecule has 0 spiro atoms. The van der Waals surface area contributed by atoms with E-state index in [0.29, 0.717) is 18.7 Å². The minimum absolute atomic E-state index is 0.0717. The highest BCUT2D eigenvalue weighted by Gasteiger charge is 2.33. The normalized spacial score (nSPS) is 20.7. The predicted molar refractivity (Wildman–Crippen MR) is 103 cm³/mol. The molecule has 146 valence electrons. The number of nitrogens with one attached hydrogen (secondary N) is 1. The lowest BCUT2D eigenvalue weighted by Gasteiger charge is -2.32. The summed E-state index contributed by atoms with van der Waals surface area (Å²) in [6, 6.07) is 6.17. The first-order valence-corrected chi connectivity index (χ1v) is 10.6. The van der Waals surface area contributed by atoms with Gasteiger partial charge in [0.2, 0.25) is 21.8 Å². The first kappa shape index (κ1) is 19.6. The van der Waals surface area contributed by atoms with Crippen molar-refractivity contribution < 1.29 is 18.0 Å². The summed E-state index contributed by atoms with van der Waals surface area (Å²) in [5.74, 6) is -0.121. The van der Waals surface area contributed by atoms with Gasteiger partial charge in [0.05, 0.1) is 4.90 Å². The molecule has 0 aromatic heterocycles.